The molecule has 1 N–H and O–H groups in total. The van der Waals surface area contributed by atoms with Crippen LogP contribution in [0.4, 0.5) is 26.3 Å². The highest BCUT2D eigenvalue weighted by atomic mass is 19.4. The van der Waals surface area contributed by atoms with Gasteiger partial charge in [-0.25, -0.2) is 0 Å². The second-order valence-corrected chi connectivity index (χ2v) is 5.84. The van der Waals surface area contributed by atoms with Crippen LogP contribution in [0.5, 0.6) is 0 Å². The van der Waals surface area contributed by atoms with Gasteiger partial charge in [0.05, 0.1) is 5.92 Å². The third-order valence-electron chi connectivity index (χ3n) is 4.19. The number of alkyl halides is 6. The first kappa shape index (κ1) is 18.6. The van der Waals surface area contributed by atoms with Crippen molar-refractivity contribution in [3.05, 3.63) is 0 Å². The van der Waals surface area contributed by atoms with E-state index in [1.807, 2.05) is 6.92 Å². The highest BCUT2D eigenvalue weighted by molar-refractivity contribution is 4.85. The fourth-order valence-corrected chi connectivity index (χ4v) is 3.18. The van der Waals surface area contributed by atoms with Crippen molar-refractivity contribution in [2.45, 2.75) is 70.3 Å². The van der Waals surface area contributed by atoms with Gasteiger partial charge in [-0.2, -0.15) is 26.3 Å². The van der Waals surface area contributed by atoms with Crippen LogP contribution in [0.2, 0.25) is 0 Å². The summed E-state index contributed by atoms with van der Waals surface area (Å²) >= 11 is 0. The van der Waals surface area contributed by atoms with Crippen LogP contribution < -0.4 is 5.32 Å². The second-order valence-electron chi connectivity index (χ2n) is 5.84. The van der Waals surface area contributed by atoms with Gasteiger partial charge in [-0.3, -0.25) is 0 Å². The number of nitrogens with one attached hydrogen (secondary N) is 1. The molecular weight excluding hydrogens is 296 g/mol. The summed E-state index contributed by atoms with van der Waals surface area (Å²) in [7, 11) is 0. The molecule has 1 aliphatic rings. The molecule has 0 aliphatic heterocycles. The Labute approximate surface area is 121 Å². The van der Waals surface area contributed by atoms with Crippen molar-refractivity contribution < 1.29 is 26.3 Å². The minimum Gasteiger partial charge on any atom is -0.314 e. The zero-order valence-electron chi connectivity index (χ0n) is 12.2. The van der Waals surface area contributed by atoms with E-state index in [0.29, 0.717) is 19.4 Å². The summed E-state index contributed by atoms with van der Waals surface area (Å²) in [5, 5.41) is 3.08. The van der Waals surface area contributed by atoms with Crippen molar-refractivity contribution >= 4 is 0 Å². The lowest BCUT2D eigenvalue weighted by molar-refractivity contribution is -0.186. The molecule has 1 saturated carbocycles. The van der Waals surface area contributed by atoms with Gasteiger partial charge < -0.3 is 5.32 Å². The lowest BCUT2D eigenvalue weighted by Gasteiger charge is -2.36. The zero-order valence-corrected chi connectivity index (χ0v) is 12.2. The van der Waals surface area contributed by atoms with Crippen LogP contribution in [0.3, 0.4) is 0 Å². The first-order valence-corrected chi connectivity index (χ1v) is 7.50. The maximum atomic E-state index is 12.8. The van der Waals surface area contributed by atoms with Gasteiger partial charge in [-0.05, 0) is 44.6 Å². The molecule has 1 rings (SSSR count). The van der Waals surface area contributed by atoms with E-state index in [-0.39, 0.29) is 37.6 Å². The Kier molecular flexibility index (Phi) is 6.81. The molecule has 1 fully saturated rings. The van der Waals surface area contributed by atoms with E-state index in [9.17, 15) is 26.3 Å². The van der Waals surface area contributed by atoms with E-state index in [4.69, 9.17) is 0 Å². The maximum absolute atomic E-state index is 12.8. The quantitative estimate of drug-likeness (QED) is 0.674. The summed E-state index contributed by atoms with van der Waals surface area (Å²) in [5.74, 6) is -1.49. The summed E-state index contributed by atoms with van der Waals surface area (Å²) in [6.45, 7) is 2.38. The number of rotatable bonds is 6. The largest absolute Gasteiger partial charge is 0.391 e. The molecule has 0 aromatic rings. The van der Waals surface area contributed by atoms with Gasteiger partial charge in [0.1, 0.15) is 0 Å². The van der Waals surface area contributed by atoms with Gasteiger partial charge in [-0.15, -0.1) is 0 Å². The molecule has 0 saturated heterocycles. The number of halogens is 6. The molecule has 7 heteroatoms. The molecule has 0 heterocycles. The molecule has 21 heavy (non-hydrogen) atoms. The van der Waals surface area contributed by atoms with Gasteiger partial charge in [0.25, 0.3) is 0 Å². The molecule has 0 spiro atoms. The maximum Gasteiger partial charge on any atom is 0.391 e. The number of hydrogen-bond acceptors (Lipinski definition) is 1. The predicted octanol–water partition coefficient (Wildman–Crippen LogP) is 5.07. The smallest absolute Gasteiger partial charge is 0.314 e. The summed E-state index contributed by atoms with van der Waals surface area (Å²) in [6, 6.07) is -0.248. The van der Waals surface area contributed by atoms with E-state index >= 15 is 0 Å². The molecular formula is C14H23F6N. The summed E-state index contributed by atoms with van der Waals surface area (Å²) in [5.41, 5.74) is 0. The van der Waals surface area contributed by atoms with Crippen molar-refractivity contribution in [1.82, 2.24) is 5.32 Å². The van der Waals surface area contributed by atoms with Gasteiger partial charge in [-0.1, -0.05) is 13.3 Å². The molecule has 3 unspecified atom stereocenters. The van der Waals surface area contributed by atoms with Gasteiger partial charge in [0.2, 0.25) is 0 Å². The topological polar surface area (TPSA) is 12.0 Å². The van der Waals surface area contributed by atoms with Gasteiger partial charge >= 0.3 is 12.4 Å². The highest BCUT2D eigenvalue weighted by Crippen LogP contribution is 2.41. The third kappa shape index (κ3) is 6.89. The van der Waals surface area contributed by atoms with E-state index in [1.165, 1.54) is 0 Å². The Morgan fingerprint density at radius 1 is 1.10 bits per heavy atom. The molecule has 0 amide bonds. The van der Waals surface area contributed by atoms with Crippen molar-refractivity contribution in [3.63, 3.8) is 0 Å². The predicted molar refractivity (Wildman–Crippen MR) is 68.9 cm³/mol. The number of hydrogen-bond donors (Lipinski definition) is 1. The second kappa shape index (κ2) is 7.70. The SMILES string of the molecule is CCNC(CCCC(F)(F)F)C1CCCC(C(F)(F)F)C1. The van der Waals surface area contributed by atoms with E-state index in [0.717, 1.165) is 0 Å². The molecule has 126 valence electrons. The highest BCUT2D eigenvalue weighted by Gasteiger charge is 2.43. The van der Waals surface area contributed by atoms with Gasteiger partial charge in [0, 0.05) is 12.5 Å². The Morgan fingerprint density at radius 3 is 2.29 bits per heavy atom. The van der Waals surface area contributed by atoms with Crippen molar-refractivity contribution in [2.24, 2.45) is 11.8 Å². The Balaban J connectivity index is 2.54. The van der Waals surface area contributed by atoms with Crippen LogP contribution in [0.1, 0.15) is 51.9 Å². The van der Waals surface area contributed by atoms with Crippen LogP contribution in [-0.2, 0) is 0 Å². The van der Waals surface area contributed by atoms with Crippen LogP contribution in [0, 0.1) is 11.8 Å². The zero-order chi connectivity index (χ0) is 16.1. The van der Waals surface area contributed by atoms with Crippen LogP contribution in [0.25, 0.3) is 0 Å². The van der Waals surface area contributed by atoms with E-state index < -0.39 is 24.7 Å². The van der Waals surface area contributed by atoms with Crippen LogP contribution >= 0.6 is 0 Å². The third-order valence-corrected chi connectivity index (χ3v) is 4.19. The Hall–Kier alpha value is -0.460. The van der Waals surface area contributed by atoms with Crippen molar-refractivity contribution in [1.29, 1.82) is 0 Å². The standard InChI is InChI=1S/C14H23F6N/c1-2-21-12(7-4-8-13(15,16)17)10-5-3-6-11(9-10)14(18,19)20/h10-12,21H,2-9H2,1H3. The fourth-order valence-electron chi connectivity index (χ4n) is 3.18. The van der Waals surface area contributed by atoms with Crippen LogP contribution in [-0.4, -0.2) is 24.9 Å². The molecule has 0 aromatic carbocycles. The first-order chi connectivity index (χ1) is 9.63. The lowest BCUT2D eigenvalue weighted by Crippen LogP contribution is -2.41. The lowest BCUT2D eigenvalue weighted by atomic mass is 9.76. The van der Waals surface area contributed by atoms with E-state index in [1.54, 1.807) is 0 Å². The first-order valence-electron chi connectivity index (χ1n) is 7.50. The molecule has 1 aliphatic carbocycles. The fraction of sp³-hybridized carbons (Fsp3) is 1.00. The minimum absolute atomic E-state index is 0.0334. The Morgan fingerprint density at radius 2 is 1.76 bits per heavy atom. The average Bonchev–Trinajstić information content (AvgIpc) is 2.35. The molecule has 3 atom stereocenters. The minimum atomic E-state index is -4.20. The normalized spacial score (nSPS) is 25.9. The molecule has 1 nitrogen and oxygen atoms in total. The molecule has 0 aromatic heterocycles. The Bertz CT molecular complexity index is 299. The van der Waals surface area contributed by atoms with Gasteiger partial charge in [0.15, 0.2) is 0 Å². The average molecular weight is 319 g/mol. The van der Waals surface area contributed by atoms with E-state index in [2.05, 4.69) is 5.32 Å². The van der Waals surface area contributed by atoms with Crippen molar-refractivity contribution in [3.8, 4) is 0 Å². The summed E-state index contributed by atoms with van der Waals surface area (Å²) in [6.07, 6.45) is -7.68. The van der Waals surface area contributed by atoms with Crippen LogP contribution in [0.15, 0.2) is 0 Å². The molecule has 0 bridgehead atoms. The summed E-state index contributed by atoms with van der Waals surface area (Å²) < 4.78 is 75.0. The summed E-state index contributed by atoms with van der Waals surface area (Å²) in [4.78, 5) is 0. The van der Waals surface area contributed by atoms with Crippen molar-refractivity contribution in [2.75, 3.05) is 6.54 Å². The molecule has 0 radical (unpaired) electrons. The monoisotopic (exact) mass is 319 g/mol.